The molecule has 2 rings (SSSR count). The number of rotatable bonds is 2. The van der Waals surface area contributed by atoms with Crippen molar-refractivity contribution in [3.8, 4) is 11.1 Å². The Balaban J connectivity index is 2.58. The van der Waals surface area contributed by atoms with Crippen LogP contribution in [0.25, 0.3) is 11.1 Å². The summed E-state index contributed by atoms with van der Waals surface area (Å²) in [5.74, 6) is 0. The molecule has 1 aromatic carbocycles. The minimum absolute atomic E-state index is 0.810. The monoisotopic (exact) mass is 215 g/mol. The highest BCUT2D eigenvalue weighted by molar-refractivity contribution is 5.77. The number of nitrogens with zero attached hydrogens (tertiary/aromatic N) is 2. The molecule has 0 aliphatic rings. The topological polar surface area (TPSA) is 43.8 Å². The Hall–Kier alpha value is -1.77. The molecule has 0 atom stereocenters. The van der Waals surface area contributed by atoms with Crippen LogP contribution in [0.2, 0.25) is 0 Å². The van der Waals surface area contributed by atoms with Crippen LogP contribution in [0.1, 0.15) is 18.2 Å². The van der Waals surface area contributed by atoms with E-state index < -0.39 is 0 Å². The molecule has 16 heavy (non-hydrogen) atoms. The molecule has 0 saturated carbocycles. The van der Waals surface area contributed by atoms with E-state index >= 15 is 0 Å². The first-order valence-electron chi connectivity index (χ1n) is 5.52. The van der Waals surface area contributed by atoms with E-state index in [-0.39, 0.29) is 0 Å². The Morgan fingerprint density at radius 3 is 2.62 bits per heavy atom. The van der Waals surface area contributed by atoms with E-state index in [1.54, 1.807) is 0 Å². The van der Waals surface area contributed by atoms with Crippen molar-refractivity contribution in [2.75, 3.05) is 5.73 Å². The van der Waals surface area contributed by atoms with Crippen LogP contribution in [0.4, 0.5) is 5.69 Å². The maximum atomic E-state index is 6.00. The summed E-state index contributed by atoms with van der Waals surface area (Å²) in [6, 6.07) is 6.09. The average Bonchev–Trinajstić information content (AvgIpc) is 2.63. The molecule has 2 aromatic rings. The second-order valence-electron chi connectivity index (χ2n) is 4.05. The summed E-state index contributed by atoms with van der Waals surface area (Å²) in [6.45, 7) is 7.12. The first-order chi connectivity index (χ1) is 7.63. The Morgan fingerprint density at radius 2 is 2.00 bits per heavy atom. The van der Waals surface area contributed by atoms with E-state index in [9.17, 15) is 0 Å². The Labute approximate surface area is 95.9 Å². The highest BCUT2D eigenvalue weighted by Crippen LogP contribution is 2.29. The molecular weight excluding hydrogens is 198 g/mol. The Kier molecular flexibility index (Phi) is 2.69. The van der Waals surface area contributed by atoms with Crippen molar-refractivity contribution < 1.29 is 0 Å². The van der Waals surface area contributed by atoms with Gasteiger partial charge in [0, 0.05) is 29.1 Å². The van der Waals surface area contributed by atoms with Crippen LogP contribution in [0.15, 0.2) is 24.4 Å². The molecule has 1 aromatic heterocycles. The van der Waals surface area contributed by atoms with Crippen molar-refractivity contribution in [1.82, 2.24) is 9.78 Å². The van der Waals surface area contributed by atoms with Crippen molar-refractivity contribution in [2.45, 2.75) is 27.3 Å². The number of benzene rings is 1. The standard InChI is InChI=1S/C13H17N3/c1-4-16-10(3)12(8-15-16)11-7-9(2)5-6-13(11)14/h5-8H,4,14H2,1-3H3. The zero-order chi connectivity index (χ0) is 11.7. The summed E-state index contributed by atoms with van der Waals surface area (Å²) in [6.07, 6.45) is 1.89. The molecule has 0 amide bonds. The predicted molar refractivity (Wildman–Crippen MR) is 67.2 cm³/mol. The fraction of sp³-hybridized carbons (Fsp3) is 0.308. The lowest BCUT2D eigenvalue weighted by molar-refractivity contribution is 0.640. The van der Waals surface area contributed by atoms with Crippen molar-refractivity contribution in [3.05, 3.63) is 35.7 Å². The fourth-order valence-corrected chi connectivity index (χ4v) is 1.93. The number of nitrogen functional groups attached to an aromatic ring is 1. The summed E-state index contributed by atoms with van der Waals surface area (Å²) in [4.78, 5) is 0. The van der Waals surface area contributed by atoms with Crippen LogP contribution in [-0.2, 0) is 6.54 Å². The van der Waals surface area contributed by atoms with Crippen molar-refractivity contribution in [1.29, 1.82) is 0 Å². The molecule has 0 saturated heterocycles. The van der Waals surface area contributed by atoms with E-state index in [1.807, 2.05) is 23.0 Å². The van der Waals surface area contributed by atoms with Gasteiger partial charge in [0.05, 0.1) is 6.20 Å². The minimum atomic E-state index is 0.810. The van der Waals surface area contributed by atoms with Gasteiger partial charge in [0.25, 0.3) is 0 Å². The highest BCUT2D eigenvalue weighted by atomic mass is 15.3. The van der Waals surface area contributed by atoms with Gasteiger partial charge in [0.1, 0.15) is 0 Å². The summed E-state index contributed by atoms with van der Waals surface area (Å²) >= 11 is 0. The van der Waals surface area contributed by atoms with Gasteiger partial charge in [-0.3, -0.25) is 4.68 Å². The molecule has 2 N–H and O–H groups in total. The molecule has 0 fully saturated rings. The van der Waals surface area contributed by atoms with Crippen LogP contribution in [0, 0.1) is 13.8 Å². The lowest BCUT2D eigenvalue weighted by Gasteiger charge is -2.07. The molecule has 84 valence electrons. The van der Waals surface area contributed by atoms with Gasteiger partial charge in [-0.15, -0.1) is 0 Å². The van der Waals surface area contributed by atoms with Gasteiger partial charge < -0.3 is 5.73 Å². The van der Waals surface area contributed by atoms with Gasteiger partial charge in [0.15, 0.2) is 0 Å². The van der Waals surface area contributed by atoms with Crippen molar-refractivity contribution >= 4 is 5.69 Å². The van der Waals surface area contributed by atoms with E-state index in [2.05, 4.69) is 31.9 Å². The first-order valence-corrected chi connectivity index (χ1v) is 5.52. The van der Waals surface area contributed by atoms with Crippen LogP contribution >= 0.6 is 0 Å². The van der Waals surface area contributed by atoms with Crippen LogP contribution < -0.4 is 5.73 Å². The zero-order valence-corrected chi connectivity index (χ0v) is 9.99. The molecule has 0 spiro atoms. The summed E-state index contributed by atoms with van der Waals surface area (Å²) in [5.41, 5.74) is 11.4. The van der Waals surface area contributed by atoms with Gasteiger partial charge in [-0.1, -0.05) is 11.6 Å². The highest BCUT2D eigenvalue weighted by Gasteiger charge is 2.10. The van der Waals surface area contributed by atoms with Gasteiger partial charge in [-0.25, -0.2) is 0 Å². The van der Waals surface area contributed by atoms with Crippen LogP contribution in [0.5, 0.6) is 0 Å². The van der Waals surface area contributed by atoms with Crippen molar-refractivity contribution in [3.63, 3.8) is 0 Å². The second-order valence-corrected chi connectivity index (χ2v) is 4.05. The van der Waals surface area contributed by atoms with Crippen molar-refractivity contribution in [2.24, 2.45) is 0 Å². The molecule has 3 nitrogen and oxygen atoms in total. The van der Waals surface area contributed by atoms with E-state index in [4.69, 9.17) is 5.73 Å². The number of aromatic nitrogens is 2. The SMILES string of the molecule is CCn1ncc(-c2cc(C)ccc2N)c1C. The molecule has 3 heteroatoms. The molecular formula is C13H17N3. The maximum Gasteiger partial charge on any atom is 0.0571 e. The fourth-order valence-electron chi connectivity index (χ4n) is 1.93. The number of anilines is 1. The van der Waals surface area contributed by atoms with E-state index in [0.29, 0.717) is 0 Å². The molecule has 1 heterocycles. The summed E-state index contributed by atoms with van der Waals surface area (Å²) in [5, 5.41) is 4.34. The molecule has 0 radical (unpaired) electrons. The number of nitrogens with two attached hydrogens (primary N) is 1. The number of hydrogen-bond acceptors (Lipinski definition) is 2. The van der Waals surface area contributed by atoms with Gasteiger partial charge in [-0.05, 0) is 32.9 Å². The van der Waals surface area contributed by atoms with Crippen LogP contribution in [-0.4, -0.2) is 9.78 Å². The zero-order valence-electron chi connectivity index (χ0n) is 9.99. The quantitative estimate of drug-likeness (QED) is 0.783. The summed E-state index contributed by atoms with van der Waals surface area (Å²) < 4.78 is 1.98. The third-order valence-electron chi connectivity index (χ3n) is 2.90. The van der Waals surface area contributed by atoms with E-state index in [1.165, 1.54) is 11.3 Å². The maximum absolute atomic E-state index is 6.00. The largest absolute Gasteiger partial charge is 0.398 e. The molecule has 0 bridgehead atoms. The smallest absolute Gasteiger partial charge is 0.0571 e. The Bertz CT molecular complexity index is 512. The van der Waals surface area contributed by atoms with Gasteiger partial charge >= 0.3 is 0 Å². The lowest BCUT2D eigenvalue weighted by Crippen LogP contribution is -1.99. The third kappa shape index (κ3) is 1.69. The van der Waals surface area contributed by atoms with E-state index in [0.717, 1.165) is 23.4 Å². The first kappa shape index (κ1) is 10.7. The lowest BCUT2D eigenvalue weighted by atomic mass is 10.0. The molecule has 0 aliphatic carbocycles. The van der Waals surface area contributed by atoms with Crippen LogP contribution in [0.3, 0.4) is 0 Å². The number of hydrogen-bond donors (Lipinski definition) is 1. The second kappa shape index (κ2) is 4.00. The Morgan fingerprint density at radius 1 is 1.25 bits per heavy atom. The third-order valence-corrected chi connectivity index (χ3v) is 2.90. The summed E-state index contributed by atoms with van der Waals surface area (Å²) in [7, 11) is 0. The minimum Gasteiger partial charge on any atom is -0.398 e. The predicted octanol–water partition coefficient (Wildman–Crippen LogP) is 2.77. The van der Waals surface area contributed by atoms with Gasteiger partial charge in [0.2, 0.25) is 0 Å². The number of aryl methyl sites for hydroxylation is 2. The van der Waals surface area contributed by atoms with Gasteiger partial charge in [-0.2, -0.15) is 5.10 Å². The molecule has 0 aliphatic heterocycles. The normalized spacial score (nSPS) is 10.7. The average molecular weight is 215 g/mol. The molecule has 0 unspecified atom stereocenters.